The molecule has 0 radical (unpaired) electrons. The van der Waals surface area contributed by atoms with E-state index in [-0.39, 0.29) is 12.3 Å². The Balaban J connectivity index is 2.67. The smallest absolute Gasteiger partial charge is 0.412 e. The molecule has 7 heteroatoms. The van der Waals surface area contributed by atoms with Crippen molar-refractivity contribution in [3.05, 3.63) is 11.9 Å². The van der Waals surface area contributed by atoms with E-state index in [0.29, 0.717) is 11.4 Å². The molecular weight excluding hydrogens is 233 g/mol. The van der Waals surface area contributed by atoms with Crippen molar-refractivity contribution in [3.8, 4) is 0 Å². The lowest BCUT2D eigenvalue weighted by Crippen LogP contribution is -2.27. The third-order valence-corrected chi connectivity index (χ3v) is 2.17. The molecule has 5 nitrogen and oxygen atoms in total. The first-order chi connectivity index (χ1) is 7.33. The molecule has 0 spiro atoms. The predicted molar refractivity (Wildman–Crippen MR) is 60.9 cm³/mol. The maximum Gasteiger partial charge on any atom is 0.412 e. The van der Waals surface area contributed by atoms with Crippen LogP contribution < -0.4 is 5.32 Å². The number of aromatic nitrogens is 2. The molecule has 1 aromatic rings. The lowest BCUT2D eigenvalue weighted by atomic mass is 10.2. The molecule has 1 rings (SSSR count). The molecule has 1 amide bonds. The summed E-state index contributed by atoms with van der Waals surface area (Å²) in [6, 6.07) is 0. The van der Waals surface area contributed by atoms with E-state index < -0.39 is 11.7 Å². The average Bonchev–Trinajstić information content (AvgIpc) is 2.44. The lowest BCUT2D eigenvalue weighted by Gasteiger charge is -2.19. The van der Waals surface area contributed by atoms with Gasteiger partial charge in [-0.2, -0.15) is 9.19 Å². The number of nitrogens with one attached hydrogen (secondary N) is 1. The zero-order chi connectivity index (χ0) is 12.3. The number of hydrogen-bond acceptors (Lipinski definition) is 4. The van der Waals surface area contributed by atoms with E-state index in [1.54, 1.807) is 27.7 Å². The van der Waals surface area contributed by atoms with Gasteiger partial charge in [0.05, 0.1) is 17.6 Å². The minimum absolute atomic E-state index is 0.0301. The summed E-state index contributed by atoms with van der Waals surface area (Å²) in [5, 5.41) is 6.22. The molecule has 90 valence electrons. The third-order valence-electron chi connectivity index (χ3n) is 1.67. The van der Waals surface area contributed by atoms with Crippen molar-refractivity contribution in [1.82, 2.24) is 9.19 Å². The van der Waals surface area contributed by atoms with E-state index in [1.807, 2.05) is 0 Å². The lowest BCUT2D eigenvalue weighted by molar-refractivity contribution is 0.0636. The average molecular weight is 247 g/mol. The van der Waals surface area contributed by atoms with Crippen molar-refractivity contribution in [2.75, 3.05) is 5.32 Å². The number of amides is 1. The molecule has 0 atom stereocenters. The van der Waals surface area contributed by atoms with Gasteiger partial charge in [-0.15, -0.1) is 3.89 Å². The number of anilines is 1. The fourth-order valence-electron chi connectivity index (χ4n) is 0.999. The van der Waals surface area contributed by atoms with Crippen molar-refractivity contribution in [3.63, 3.8) is 0 Å². The Hall–Kier alpha value is -1.24. The highest BCUT2D eigenvalue weighted by Crippen LogP contribution is 2.19. The van der Waals surface area contributed by atoms with Gasteiger partial charge in [0.15, 0.2) is 12.3 Å². The summed E-state index contributed by atoms with van der Waals surface area (Å²) < 4.78 is 18.4. The molecule has 0 bridgehead atoms. The molecule has 0 fully saturated rings. The van der Waals surface area contributed by atoms with Crippen molar-refractivity contribution < 1.29 is 13.4 Å². The summed E-state index contributed by atoms with van der Waals surface area (Å²) >= 11 is -0.0301. The molecule has 0 aliphatic heterocycles. The monoisotopic (exact) mass is 247 g/mol. The summed E-state index contributed by atoms with van der Waals surface area (Å²) in [6.07, 6.45) is 0.783. The number of ether oxygens (including phenoxy) is 1. The summed E-state index contributed by atoms with van der Waals surface area (Å²) in [5.74, 6) is 0. The fourth-order valence-corrected chi connectivity index (χ4v) is 1.28. The number of carbonyl (C=O) groups is 1. The number of carbonyl (C=O) groups excluding carboxylic acids is 1. The number of rotatable bonds is 2. The van der Waals surface area contributed by atoms with Gasteiger partial charge in [-0.05, 0) is 27.7 Å². The molecular formula is C9H14FN3O2S. The van der Waals surface area contributed by atoms with Gasteiger partial charge in [-0.3, -0.25) is 5.32 Å². The number of nitrogens with zero attached hydrogens (tertiary/aromatic N) is 2. The van der Waals surface area contributed by atoms with Gasteiger partial charge in [0.2, 0.25) is 0 Å². The van der Waals surface area contributed by atoms with Crippen LogP contribution >= 0.6 is 12.3 Å². The molecule has 0 aromatic carbocycles. The topological polar surface area (TPSA) is 56.1 Å². The molecule has 0 saturated heterocycles. The van der Waals surface area contributed by atoms with Crippen LogP contribution in [-0.4, -0.2) is 20.9 Å². The van der Waals surface area contributed by atoms with Gasteiger partial charge in [-0.25, -0.2) is 4.79 Å². The Kier molecular flexibility index (Phi) is 3.79. The Morgan fingerprint density at radius 3 is 2.69 bits per heavy atom. The van der Waals surface area contributed by atoms with Crippen molar-refractivity contribution in [2.24, 2.45) is 0 Å². The van der Waals surface area contributed by atoms with Crippen LogP contribution in [0.15, 0.2) is 6.20 Å². The maximum absolute atomic E-state index is 12.3. The van der Waals surface area contributed by atoms with Gasteiger partial charge in [0.25, 0.3) is 0 Å². The zero-order valence-corrected chi connectivity index (χ0v) is 10.4. The van der Waals surface area contributed by atoms with Crippen LogP contribution in [0, 0.1) is 6.92 Å². The van der Waals surface area contributed by atoms with E-state index in [1.165, 1.54) is 6.20 Å². The largest absolute Gasteiger partial charge is 0.444 e. The van der Waals surface area contributed by atoms with E-state index >= 15 is 0 Å². The molecule has 0 unspecified atom stereocenters. The Labute approximate surface area is 97.8 Å². The Morgan fingerprint density at radius 1 is 1.62 bits per heavy atom. The van der Waals surface area contributed by atoms with Gasteiger partial charge in [-0.1, -0.05) is 0 Å². The highest BCUT2D eigenvalue weighted by molar-refractivity contribution is 7.92. The highest BCUT2D eigenvalue weighted by atomic mass is 32.2. The Morgan fingerprint density at radius 2 is 2.25 bits per heavy atom. The first-order valence-electron chi connectivity index (χ1n) is 4.67. The predicted octanol–water partition coefficient (Wildman–Crippen LogP) is 2.92. The Bertz CT molecular complexity index is 387. The van der Waals surface area contributed by atoms with Crippen LogP contribution in [0.1, 0.15) is 26.5 Å². The van der Waals surface area contributed by atoms with E-state index in [2.05, 4.69) is 10.4 Å². The molecule has 1 heterocycles. The van der Waals surface area contributed by atoms with Gasteiger partial charge in [0.1, 0.15) is 5.60 Å². The van der Waals surface area contributed by atoms with Crippen LogP contribution in [0.3, 0.4) is 0 Å². The zero-order valence-electron chi connectivity index (χ0n) is 9.57. The summed E-state index contributed by atoms with van der Waals surface area (Å²) in [6.45, 7) is 6.94. The quantitative estimate of drug-likeness (QED) is 0.873. The first-order valence-corrected chi connectivity index (χ1v) is 5.34. The van der Waals surface area contributed by atoms with Gasteiger partial charge >= 0.3 is 6.09 Å². The number of halogens is 1. The molecule has 1 aromatic heterocycles. The molecule has 1 N–H and O–H groups in total. The van der Waals surface area contributed by atoms with E-state index in [0.717, 1.165) is 4.09 Å². The maximum atomic E-state index is 12.3. The molecule has 0 aliphatic carbocycles. The van der Waals surface area contributed by atoms with Crippen LogP contribution in [0.2, 0.25) is 0 Å². The van der Waals surface area contributed by atoms with Crippen LogP contribution in [0.5, 0.6) is 0 Å². The van der Waals surface area contributed by atoms with Gasteiger partial charge in [0, 0.05) is 0 Å². The van der Waals surface area contributed by atoms with E-state index in [9.17, 15) is 8.68 Å². The second-order valence-electron chi connectivity index (χ2n) is 4.21. The van der Waals surface area contributed by atoms with E-state index in [4.69, 9.17) is 4.74 Å². The van der Waals surface area contributed by atoms with Crippen LogP contribution in [0.4, 0.5) is 14.4 Å². The van der Waals surface area contributed by atoms with Crippen molar-refractivity contribution >= 4 is 24.1 Å². The standard InChI is InChI=1S/C9H14FN3O2S/c1-6-7(5-11-13(6)16-10)12-8(14)15-9(2,3)4/h5H,1-4H3,(H,12,14). The minimum atomic E-state index is -0.584. The second-order valence-corrected chi connectivity index (χ2v) is 4.70. The molecule has 16 heavy (non-hydrogen) atoms. The van der Waals surface area contributed by atoms with Crippen molar-refractivity contribution in [2.45, 2.75) is 33.3 Å². The second kappa shape index (κ2) is 4.73. The first kappa shape index (κ1) is 12.8. The number of hydrogen-bond donors (Lipinski definition) is 1. The minimum Gasteiger partial charge on any atom is -0.444 e. The van der Waals surface area contributed by atoms with Gasteiger partial charge < -0.3 is 4.74 Å². The highest BCUT2D eigenvalue weighted by Gasteiger charge is 2.18. The normalized spacial score (nSPS) is 11.3. The molecule has 0 aliphatic rings. The fraction of sp³-hybridized carbons (Fsp3) is 0.556. The molecule has 0 saturated carbocycles. The summed E-state index contributed by atoms with van der Waals surface area (Å²) in [5.41, 5.74) is 0.376. The third kappa shape index (κ3) is 3.41. The summed E-state index contributed by atoms with van der Waals surface area (Å²) in [4.78, 5) is 11.4. The summed E-state index contributed by atoms with van der Waals surface area (Å²) in [7, 11) is 0. The SMILES string of the molecule is Cc1c(NC(=O)OC(C)(C)C)cnn1SF. The van der Waals surface area contributed by atoms with Crippen LogP contribution in [-0.2, 0) is 4.74 Å². The van der Waals surface area contributed by atoms with Crippen molar-refractivity contribution in [1.29, 1.82) is 0 Å². The van der Waals surface area contributed by atoms with Crippen LogP contribution in [0.25, 0.3) is 0 Å².